The molecule has 0 unspecified atom stereocenters. The summed E-state index contributed by atoms with van der Waals surface area (Å²) in [5, 5.41) is 0. The summed E-state index contributed by atoms with van der Waals surface area (Å²) >= 11 is 0. The number of hydroxylamine groups is 1. The Hall–Kier alpha value is -2.13. The molecular formula is C24H37NO2. The van der Waals surface area contributed by atoms with E-state index >= 15 is 0 Å². The standard InChI is InChI=1S/C24H37NO2/c1-3-5-6-7-8-9-10-11-12-13-14-15-16-17-18-19-20-21-22-23-24(26)27-25-4-2/h12-23,25H,3-11H2,1-2H3. The van der Waals surface area contributed by atoms with E-state index in [0.29, 0.717) is 6.54 Å². The van der Waals surface area contributed by atoms with Gasteiger partial charge in [-0.15, -0.1) is 0 Å². The van der Waals surface area contributed by atoms with Crippen LogP contribution in [0.2, 0.25) is 0 Å². The summed E-state index contributed by atoms with van der Waals surface area (Å²) < 4.78 is 0. The van der Waals surface area contributed by atoms with Crippen LogP contribution in [0.5, 0.6) is 0 Å². The van der Waals surface area contributed by atoms with Gasteiger partial charge in [-0.3, -0.25) is 0 Å². The van der Waals surface area contributed by atoms with Crippen LogP contribution >= 0.6 is 0 Å². The summed E-state index contributed by atoms with van der Waals surface area (Å²) in [6, 6.07) is 0. The quantitative estimate of drug-likeness (QED) is 0.145. The first kappa shape index (κ1) is 24.9. The Balaban J connectivity index is 3.65. The van der Waals surface area contributed by atoms with Gasteiger partial charge in [-0.2, -0.15) is 5.48 Å². The van der Waals surface area contributed by atoms with E-state index in [0.717, 1.165) is 0 Å². The first-order chi connectivity index (χ1) is 13.3. The van der Waals surface area contributed by atoms with Crippen LogP contribution in [0.3, 0.4) is 0 Å². The molecule has 3 nitrogen and oxygen atoms in total. The van der Waals surface area contributed by atoms with Gasteiger partial charge in [0.15, 0.2) is 0 Å². The molecule has 0 aromatic carbocycles. The van der Waals surface area contributed by atoms with Crippen molar-refractivity contribution in [2.45, 2.75) is 65.2 Å². The highest BCUT2D eigenvalue weighted by molar-refractivity contribution is 5.81. The van der Waals surface area contributed by atoms with Crippen molar-refractivity contribution in [2.75, 3.05) is 6.54 Å². The Morgan fingerprint density at radius 3 is 1.81 bits per heavy atom. The van der Waals surface area contributed by atoms with Gasteiger partial charge in [-0.1, -0.05) is 112 Å². The summed E-state index contributed by atoms with van der Waals surface area (Å²) in [5.74, 6) is -0.407. The number of hydrogen-bond acceptors (Lipinski definition) is 3. The normalized spacial score (nSPS) is 12.8. The Morgan fingerprint density at radius 2 is 1.22 bits per heavy atom. The second kappa shape index (κ2) is 21.9. The molecule has 0 aliphatic carbocycles. The average Bonchev–Trinajstić information content (AvgIpc) is 2.68. The second-order valence-electron chi connectivity index (χ2n) is 6.16. The lowest BCUT2D eigenvalue weighted by atomic mass is 10.1. The number of hydrogen-bond donors (Lipinski definition) is 1. The van der Waals surface area contributed by atoms with Crippen LogP contribution in [0.4, 0.5) is 0 Å². The highest BCUT2D eigenvalue weighted by Crippen LogP contribution is 2.08. The Labute approximate surface area is 166 Å². The fourth-order valence-corrected chi connectivity index (χ4v) is 2.22. The molecule has 0 aliphatic heterocycles. The lowest BCUT2D eigenvalue weighted by molar-refractivity contribution is -0.144. The zero-order valence-corrected chi connectivity index (χ0v) is 17.1. The van der Waals surface area contributed by atoms with Crippen molar-refractivity contribution in [3.8, 4) is 0 Å². The molecular weight excluding hydrogens is 334 g/mol. The Bertz CT molecular complexity index is 510. The van der Waals surface area contributed by atoms with E-state index in [1.54, 1.807) is 12.2 Å². The fourth-order valence-electron chi connectivity index (χ4n) is 2.22. The van der Waals surface area contributed by atoms with Gasteiger partial charge in [-0.25, -0.2) is 4.79 Å². The Kier molecular flexibility index (Phi) is 20.2. The molecule has 1 N–H and O–H groups in total. The van der Waals surface area contributed by atoms with Gasteiger partial charge in [-0.05, 0) is 19.8 Å². The van der Waals surface area contributed by atoms with Gasteiger partial charge in [0.2, 0.25) is 0 Å². The minimum absolute atomic E-state index is 0.407. The van der Waals surface area contributed by atoms with Crippen molar-refractivity contribution in [1.82, 2.24) is 5.48 Å². The van der Waals surface area contributed by atoms with Crippen molar-refractivity contribution >= 4 is 5.97 Å². The molecule has 0 amide bonds. The van der Waals surface area contributed by atoms with Crippen LogP contribution in [-0.2, 0) is 9.63 Å². The summed E-state index contributed by atoms with van der Waals surface area (Å²) in [6.07, 6.45) is 33.6. The van der Waals surface area contributed by atoms with Crippen LogP contribution in [-0.4, -0.2) is 12.5 Å². The van der Waals surface area contributed by atoms with Crippen molar-refractivity contribution < 1.29 is 9.63 Å². The smallest absolute Gasteiger partial charge is 0.349 e. The number of carbonyl (C=O) groups is 1. The molecule has 0 spiro atoms. The maximum Gasteiger partial charge on any atom is 0.349 e. The number of nitrogens with one attached hydrogen (secondary N) is 1. The maximum absolute atomic E-state index is 11.1. The van der Waals surface area contributed by atoms with Gasteiger partial charge >= 0.3 is 5.97 Å². The maximum atomic E-state index is 11.1. The molecule has 0 saturated heterocycles. The Morgan fingerprint density at radius 1 is 0.704 bits per heavy atom. The van der Waals surface area contributed by atoms with Crippen molar-refractivity contribution in [3.63, 3.8) is 0 Å². The predicted octanol–water partition coefficient (Wildman–Crippen LogP) is 6.53. The van der Waals surface area contributed by atoms with E-state index in [4.69, 9.17) is 0 Å². The van der Waals surface area contributed by atoms with Crippen LogP contribution in [0.15, 0.2) is 72.9 Å². The minimum atomic E-state index is -0.407. The van der Waals surface area contributed by atoms with E-state index in [2.05, 4.69) is 35.5 Å². The van der Waals surface area contributed by atoms with E-state index in [1.165, 1.54) is 57.4 Å². The summed E-state index contributed by atoms with van der Waals surface area (Å²) in [5.41, 5.74) is 2.50. The highest BCUT2D eigenvalue weighted by atomic mass is 16.7. The largest absolute Gasteiger partial charge is 0.367 e. The lowest BCUT2D eigenvalue weighted by Gasteiger charge is -1.98. The molecule has 0 aromatic heterocycles. The fraction of sp³-hybridized carbons (Fsp3) is 0.458. The number of carbonyl (C=O) groups excluding carboxylic acids is 1. The van der Waals surface area contributed by atoms with E-state index in [9.17, 15) is 4.79 Å². The molecule has 0 heterocycles. The third-order valence-electron chi connectivity index (χ3n) is 3.66. The molecule has 0 bridgehead atoms. The zero-order valence-electron chi connectivity index (χ0n) is 17.1. The SMILES string of the molecule is CCCCCCCCCC=CC=CC=CC=CC=CC=CC(=O)ONCC. The molecule has 0 rings (SSSR count). The molecule has 0 radical (unpaired) electrons. The molecule has 0 aromatic rings. The van der Waals surface area contributed by atoms with E-state index in [-0.39, 0.29) is 0 Å². The summed E-state index contributed by atoms with van der Waals surface area (Å²) in [7, 11) is 0. The molecule has 3 heteroatoms. The van der Waals surface area contributed by atoms with Gasteiger partial charge in [0.25, 0.3) is 0 Å². The first-order valence-electron chi connectivity index (χ1n) is 10.2. The molecule has 27 heavy (non-hydrogen) atoms. The molecule has 150 valence electrons. The van der Waals surface area contributed by atoms with Crippen LogP contribution in [0.25, 0.3) is 0 Å². The van der Waals surface area contributed by atoms with Crippen molar-refractivity contribution in [2.24, 2.45) is 0 Å². The van der Waals surface area contributed by atoms with Crippen molar-refractivity contribution in [3.05, 3.63) is 72.9 Å². The average molecular weight is 372 g/mol. The molecule has 0 fully saturated rings. The van der Waals surface area contributed by atoms with E-state index < -0.39 is 5.97 Å². The van der Waals surface area contributed by atoms with E-state index in [1.807, 2.05) is 43.4 Å². The van der Waals surface area contributed by atoms with Gasteiger partial charge in [0, 0.05) is 12.6 Å². The summed E-state index contributed by atoms with van der Waals surface area (Å²) in [4.78, 5) is 15.8. The monoisotopic (exact) mass is 371 g/mol. The first-order valence-corrected chi connectivity index (χ1v) is 10.2. The molecule has 0 atom stereocenters. The zero-order chi connectivity index (χ0) is 19.8. The number of unbranched alkanes of at least 4 members (excludes halogenated alkanes) is 7. The third kappa shape index (κ3) is 21.8. The molecule has 0 saturated carbocycles. The van der Waals surface area contributed by atoms with Crippen LogP contribution in [0, 0.1) is 0 Å². The number of allylic oxidation sites excluding steroid dienone is 11. The summed E-state index contributed by atoms with van der Waals surface area (Å²) in [6.45, 7) is 4.71. The van der Waals surface area contributed by atoms with Crippen LogP contribution in [0.1, 0.15) is 65.2 Å². The second-order valence-corrected chi connectivity index (χ2v) is 6.16. The van der Waals surface area contributed by atoms with Crippen LogP contribution < -0.4 is 5.48 Å². The molecule has 0 aliphatic rings. The topological polar surface area (TPSA) is 38.3 Å². The number of rotatable bonds is 16. The van der Waals surface area contributed by atoms with Gasteiger partial charge in [0.05, 0.1) is 0 Å². The van der Waals surface area contributed by atoms with Gasteiger partial charge in [0.1, 0.15) is 0 Å². The predicted molar refractivity (Wildman–Crippen MR) is 117 cm³/mol. The highest BCUT2D eigenvalue weighted by Gasteiger charge is 1.91. The lowest BCUT2D eigenvalue weighted by Crippen LogP contribution is -2.17. The third-order valence-corrected chi connectivity index (χ3v) is 3.66. The minimum Gasteiger partial charge on any atom is -0.367 e. The van der Waals surface area contributed by atoms with Gasteiger partial charge < -0.3 is 4.84 Å². The van der Waals surface area contributed by atoms with Crippen molar-refractivity contribution in [1.29, 1.82) is 0 Å².